The van der Waals surface area contributed by atoms with E-state index in [4.69, 9.17) is 4.74 Å². The van der Waals surface area contributed by atoms with Crippen molar-refractivity contribution in [3.8, 4) is 0 Å². The number of carbonyl (C=O) groups is 3. The summed E-state index contributed by atoms with van der Waals surface area (Å²) >= 11 is 0. The van der Waals surface area contributed by atoms with Crippen LogP contribution < -0.4 is 16.0 Å². The molecule has 7 nitrogen and oxygen atoms in total. The fraction of sp³-hybridized carbons (Fsp3) is 0.591. The largest absolute Gasteiger partial charge is 0.450 e. The van der Waals surface area contributed by atoms with Gasteiger partial charge in [-0.15, -0.1) is 0 Å². The van der Waals surface area contributed by atoms with Gasteiger partial charge in [0.05, 0.1) is 6.61 Å². The minimum Gasteiger partial charge on any atom is -0.450 e. The maximum Gasteiger partial charge on any atom is 0.407 e. The molecule has 0 heterocycles. The van der Waals surface area contributed by atoms with Crippen molar-refractivity contribution in [3.63, 3.8) is 0 Å². The molecule has 0 saturated heterocycles. The zero-order valence-electron chi connectivity index (χ0n) is 18.2. The van der Waals surface area contributed by atoms with Gasteiger partial charge in [0, 0.05) is 18.2 Å². The van der Waals surface area contributed by atoms with Crippen LogP contribution in [0.3, 0.4) is 0 Å². The van der Waals surface area contributed by atoms with E-state index in [2.05, 4.69) is 16.0 Å². The molecule has 7 heteroatoms. The van der Waals surface area contributed by atoms with Gasteiger partial charge >= 0.3 is 6.09 Å². The normalized spacial score (nSPS) is 13.9. The lowest BCUT2D eigenvalue weighted by molar-refractivity contribution is -0.124. The minimum absolute atomic E-state index is 0.0378. The summed E-state index contributed by atoms with van der Waals surface area (Å²) in [6.07, 6.45) is 0.941. The summed E-state index contributed by atoms with van der Waals surface area (Å²) in [7, 11) is 0. The Kier molecular flexibility index (Phi) is 10.8. The molecule has 0 fully saturated rings. The van der Waals surface area contributed by atoms with Gasteiger partial charge < -0.3 is 20.7 Å². The van der Waals surface area contributed by atoms with Gasteiger partial charge in [-0.25, -0.2) is 4.79 Å². The van der Waals surface area contributed by atoms with Crippen LogP contribution in [0.15, 0.2) is 30.3 Å². The van der Waals surface area contributed by atoms with Crippen molar-refractivity contribution in [3.05, 3.63) is 35.9 Å². The Hall–Kier alpha value is -2.57. The average Bonchev–Trinajstić information content (AvgIpc) is 2.69. The molecule has 0 aliphatic heterocycles. The Bertz CT molecular complexity index is 649. The maximum atomic E-state index is 12.8. The third-order valence-corrected chi connectivity index (χ3v) is 4.69. The summed E-state index contributed by atoms with van der Waals surface area (Å²) in [5.74, 6) is -0.247. The van der Waals surface area contributed by atoms with Gasteiger partial charge in [0.2, 0.25) is 5.91 Å². The molecule has 3 N–H and O–H groups in total. The predicted molar refractivity (Wildman–Crippen MR) is 114 cm³/mol. The fourth-order valence-electron chi connectivity index (χ4n) is 2.95. The molecule has 0 aromatic heterocycles. The number of carbonyl (C=O) groups excluding carboxylic acids is 3. The van der Waals surface area contributed by atoms with Gasteiger partial charge in [0.1, 0.15) is 6.04 Å². The van der Waals surface area contributed by atoms with Crippen molar-refractivity contribution in [1.82, 2.24) is 16.0 Å². The topological polar surface area (TPSA) is 96.5 Å². The molecule has 1 rings (SSSR count). The van der Waals surface area contributed by atoms with Crippen LogP contribution >= 0.6 is 0 Å². The molecular weight excluding hydrogens is 370 g/mol. The highest BCUT2D eigenvalue weighted by Crippen LogP contribution is 2.10. The smallest absolute Gasteiger partial charge is 0.407 e. The second-order valence-electron chi connectivity index (χ2n) is 7.64. The Morgan fingerprint density at radius 1 is 1.00 bits per heavy atom. The second-order valence-corrected chi connectivity index (χ2v) is 7.64. The van der Waals surface area contributed by atoms with E-state index < -0.39 is 12.1 Å². The molecule has 3 unspecified atom stereocenters. The molecule has 0 radical (unpaired) electrons. The SMILES string of the molecule is CCOC(=O)NC(CNC(=O)C(NC(=O)c1ccccc1)C(C)CC)CC(C)C. The lowest BCUT2D eigenvalue weighted by atomic mass is 9.97. The maximum absolute atomic E-state index is 12.8. The second kappa shape index (κ2) is 12.8. The Balaban J connectivity index is 2.76. The van der Waals surface area contributed by atoms with Gasteiger partial charge in [-0.1, -0.05) is 52.3 Å². The summed E-state index contributed by atoms with van der Waals surface area (Å²) in [5, 5.41) is 8.52. The first-order valence-corrected chi connectivity index (χ1v) is 10.3. The van der Waals surface area contributed by atoms with Crippen LogP contribution in [-0.4, -0.2) is 43.1 Å². The van der Waals surface area contributed by atoms with E-state index in [0.29, 0.717) is 17.9 Å². The first kappa shape index (κ1) is 24.5. The van der Waals surface area contributed by atoms with Crippen molar-refractivity contribution in [2.24, 2.45) is 11.8 Å². The minimum atomic E-state index is -0.657. The first-order valence-electron chi connectivity index (χ1n) is 10.3. The van der Waals surface area contributed by atoms with Gasteiger partial charge in [-0.3, -0.25) is 9.59 Å². The summed E-state index contributed by atoms with van der Waals surface area (Å²) < 4.78 is 4.95. The summed E-state index contributed by atoms with van der Waals surface area (Å²) in [5.41, 5.74) is 0.510. The molecule has 1 aromatic carbocycles. The van der Waals surface area contributed by atoms with Crippen LogP contribution in [-0.2, 0) is 9.53 Å². The Morgan fingerprint density at radius 2 is 1.66 bits per heavy atom. The summed E-state index contributed by atoms with van der Waals surface area (Å²) in [6, 6.07) is 7.91. The van der Waals surface area contributed by atoms with Crippen molar-refractivity contribution < 1.29 is 19.1 Å². The van der Waals surface area contributed by atoms with Crippen LogP contribution in [0.1, 0.15) is 57.8 Å². The Morgan fingerprint density at radius 3 is 2.21 bits per heavy atom. The van der Waals surface area contributed by atoms with Crippen LogP contribution in [0.2, 0.25) is 0 Å². The van der Waals surface area contributed by atoms with Gasteiger partial charge in [0.15, 0.2) is 0 Å². The number of nitrogens with one attached hydrogen (secondary N) is 3. The van der Waals surface area contributed by atoms with Crippen LogP contribution in [0.5, 0.6) is 0 Å². The molecule has 162 valence electrons. The van der Waals surface area contributed by atoms with Gasteiger partial charge in [-0.05, 0) is 37.3 Å². The van der Waals surface area contributed by atoms with E-state index in [1.165, 1.54) is 0 Å². The number of hydrogen-bond acceptors (Lipinski definition) is 4. The zero-order valence-corrected chi connectivity index (χ0v) is 18.2. The third-order valence-electron chi connectivity index (χ3n) is 4.69. The molecule has 0 spiro atoms. The predicted octanol–water partition coefficient (Wildman–Crippen LogP) is 3.11. The van der Waals surface area contributed by atoms with E-state index >= 15 is 0 Å². The van der Waals surface area contributed by atoms with E-state index in [1.54, 1.807) is 31.2 Å². The highest BCUT2D eigenvalue weighted by Gasteiger charge is 2.27. The van der Waals surface area contributed by atoms with Crippen molar-refractivity contribution >= 4 is 17.9 Å². The fourth-order valence-corrected chi connectivity index (χ4v) is 2.95. The molecule has 0 aliphatic carbocycles. The standard InChI is InChI=1S/C22H35N3O4/c1-6-16(5)19(25-20(26)17-11-9-8-10-12-17)21(27)23-14-18(13-15(3)4)24-22(28)29-7-2/h8-12,15-16,18-19H,6-7,13-14H2,1-5H3,(H,23,27)(H,24,28)(H,25,26). The van der Waals surface area contributed by atoms with Crippen LogP contribution in [0.25, 0.3) is 0 Å². The zero-order chi connectivity index (χ0) is 21.8. The number of amides is 3. The van der Waals surface area contributed by atoms with Crippen molar-refractivity contribution in [1.29, 1.82) is 0 Å². The van der Waals surface area contributed by atoms with Crippen molar-refractivity contribution in [2.75, 3.05) is 13.2 Å². The monoisotopic (exact) mass is 405 g/mol. The molecule has 0 bridgehead atoms. The average molecular weight is 406 g/mol. The highest BCUT2D eigenvalue weighted by atomic mass is 16.5. The molecule has 29 heavy (non-hydrogen) atoms. The van der Waals surface area contributed by atoms with Crippen molar-refractivity contribution in [2.45, 2.75) is 59.5 Å². The number of ether oxygens (including phenoxy) is 1. The molecule has 0 aliphatic rings. The molecule has 0 saturated carbocycles. The lowest BCUT2D eigenvalue weighted by Crippen LogP contribution is -2.53. The van der Waals surface area contributed by atoms with E-state index in [0.717, 1.165) is 6.42 Å². The quantitative estimate of drug-likeness (QED) is 0.527. The molecule has 3 amide bonds. The van der Waals surface area contributed by atoms with Gasteiger partial charge in [-0.2, -0.15) is 0 Å². The van der Waals surface area contributed by atoms with Crippen LogP contribution in [0.4, 0.5) is 4.79 Å². The number of benzene rings is 1. The molecule has 1 aromatic rings. The highest BCUT2D eigenvalue weighted by molar-refractivity contribution is 5.97. The van der Waals surface area contributed by atoms with E-state index in [-0.39, 0.29) is 36.9 Å². The summed E-state index contributed by atoms with van der Waals surface area (Å²) in [4.78, 5) is 37.1. The van der Waals surface area contributed by atoms with Gasteiger partial charge in [0.25, 0.3) is 5.91 Å². The Labute approximate surface area is 174 Å². The number of hydrogen-bond donors (Lipinski definition) is 3. The number of rotatable bonds is 11. The van der Waals surface area contributed by atoms with E-state index in [9.17, 15) is 14.4 Å². The lowest BCUT2D eigenvalue weighted by Gasteiger charge is -2.26. The van der Waals surface area contributed by atoms with E-state index in [1.807, 2.05) is 33.8 Å². The molecular formula is C22H35N3O4. The third kappa shape index (κ3) is 8.98. The molecule has 3 atom stereocenters. The summed E-state index contributed by atoms with van der Waals surface area (Å²) in [6.45, 7) is 10.3. The number of alkyl carbamates (subject to hydrolysis) is 1. The first-order chi connectivity index (χ1) is 13.8. The van der Waals surface area contributed by atoms with Crippen LogP contribution in [0, 0.1) is 11.8 Å².